The normalized spacial score (nSPS) is 12.7. The summed E-state index contributed by atoms with van der Waals surface area (Å²) in [6.45, 7) is 6.80. The van der Waals surface area contributed by atoms with E-state index in [1.54, 1.807) is 0 Å². The highest BCUT2D eigenvalue weighted by Crippen LogP contribution is 2.26. The maximum absolute atomic E-state index is 5.45. The van der Waals surface area contributed by atoms with Gasteiger partial charge in [0, 0.05) is 37.0 Å². The number of rotatable bonds is 8. The third-order valence-corrected chi connectivity index (χ3v) is 3.53. The van der Waals surface area contributed by atoms with Crippen molar-refractivity contribution in [1.29, 1.82) is 0 Å². The van der Waals surface area contributed by atoms with Gasteiger partial charge in [-0.3, -0.25) is 4.98 Å². The van der Waals surface area contributed by atoms with Gasteiger partial charge < -0.3 is 10.1 Å². The molecule has 2 aromatic rings. The van der Waals surface area contributed by atoms with Crippen molar-refractivity contribution in [2.45, 2.75) is 32.7 Å². The van der Waals surface area contributed by atoms with E-state index in [0.29, 0.717) is 6.04 Å². The topological polar surface area (TPSA) is 34.1 Å². The van der Waals surface area contributed by atoms with E-state index in [4.69, 9.17) is 4.74 Å². The lowest BCUT2D eigenvalue weighted by atomic mass is 9.97. The first-order chi connectivity index (χ1) is 9.86. The molecule has 0 aliphatic heterocycles. The summed E-state index contributed by atoms with van der Waals surface area (Å²) in [6.07, 6.45) is 5.97. The molecule has 20 heavy (non-hydrogen) atoms. The Labute approximate surface area is 121 Å². The lowest BCUT2D eigenvalue weighted by Gasteiger charge is -2.20. The van der Waals surface area contributed by atoms with E-state index in [-0.39, 0.29) is 0 Å². The van der Waals surface area contributed by atoms with Gasteiger partial charge in [0.05, 0.1) is 0 Å². The fraction of sp³-hybridized carbons (Fsp3) is 0.471. The zero-order valence-corrected chi connectivity index (χ0v) is 12.4. The van der Waals surface area contributed by atoms with Crippen molar-refractivity contribution in [1.82, 2.24) is 10.3 Å². The van der Waals surface area contributed by atoms with E-state index in [1.807, 2.05) is 19.3 Å². The number of ether oxygens (including phenoxy) is 1. The third kappa shape index (κ3) is 3.78. The van der Waals surface area contributed by atoms with Crippen LogP contribution in [0.5, 0.6) is 0 Å². The average Bonchev–Trinajstić information content (AvgIpc) is 2.50. The van der Waals surface area contributed by atoms with Crippen molar-refractivity contribution in [2.75, 3.05) is 19.8 Å². The van der Waals surface area contributed by atoms with Crippen LogP contribution >= 0.6 is 0 Å². The van der Waals surface area contributed by atoms with Gasteiger partial charge in [-0.15, -0.1) is 0 Å². The predicted octanol–water partition coefficient (Wildman–Crippen LogP) is 3.70. The minimum absolute atomic E-state index is 0.381. The van der Waals surface area contributed by atoms with Crippen LogP contribution < -0.4 is 5.32 Å². The molecule has 1 heterocycles. The van der Waals surface area contributed by atoms with Gasteiger partial charge in [-0.05, 0) is 43.3 Å². The standard InChI is InChI=1S/C17H24N2O/c1-3-19-17(9-6-12-20-4-2)16-8-5-7-14-13-18-11-10-15(14)16/h5,7-8,10-11,13,17,19H,3-4,6,9,12H2,1-2H3. The highest BCUT2D eigenvalue weighted by atomic mass is 16.5. The van der Waals surface area contributed by atoms with Crippen LogP contribution in [-0.2, 0) is 4.74 Å². The molecular formula is C17H24N2O. The third-order valence-electron chi connectivity index (χ3n) is 3.53. The van der Waals surface area contributed by atoms with Crippen LogP contribution in [0.1, 0.15) is 38.3 Å². The molecule has 1 aromatic heterocycles. The minimum Gasteiger partial charge on any atom is -0.382 e. The Bertz CT molecular complexity index is 522. The molecule has 0 fully saturated rings. The van der Waals surface area contributed by atoms with E-state index in [0.717, 1.165) is 32.6 Å². The molecule has 3 heteroatoms. The number of nitrogens with one attached hydrogen (secondary N) is 1. The fourth-order valence-corrected chi connectivity index (χ4v) is 2.60. The van der Waals surface area contributed by atoms with E-state index in [2.05, 4.69) is 41.5 Å². The highest BCUT2D eigenvalue weighted by Gasteiger charge is 2.12. The number of fused-ring (bicyclic) bond motifs is 1. The van der Waals surface area contributed by atoms with E-state index >= 15 is 0 Å². The van der Waals surface area contributed by atoms with Gasteiger partial charge in [-0.1, -0.05) is 25.1 Å². The van der Waals surface area contributed by atoms with Crippen molar-refractivity contribution in [2.24, 2.45) is 0 Å². The van der Waals surface area contributed by atoms with Crippen LogP contribution in [-0.4, -0.2) is 24.7 Å². The smallest absolute Gasteiger partial charge is 0.0466 e. The number of benzene rings is 1. The molecule has 1 aromatic carbocycles. The van der Waals surface area contributed by atoms with Gasteiger partial charge in [0.15, 0.2) is 0 Å². The predicted molar refractivity (Wildman–Crippen MR) is 83.9 cm³/mol. The summed E-state index contributed by atoms with van der Waals surface area (Å²) in [5.74, 6) is 0. The first-order valence-electron chi connectivity index (χ1n) is 7.50. The van der Waals surface area contributed by atoms with Gasteiger partial charge >= 0.3 is 0 Å². The Morgan fingerprint density at radius 2 is 2.15 bits per heavy atom. The molecule has 0 saturated heterocycles. The molecule has 1 unspecified atom stereocenters. The van der Waals surface area contributed by atoms with Crippen molar-refractivity contribution in [3.63, 3.8) is 0 Å². The van der Waals surface area contributed by atoms with Crippen LogP contribution in [0.25, 0.3) is 10.8 Å². The molecule has 0 spiro atoms. The molecule has 1 atom stereocenters. The van der Waals surface area contributed by atoms with Crippen LogP contribution in [0.3, 0.4) is 0 Å². The van der Waals surface area contributed by atoms with Gasteiger partial charge in [-0.2, -0.15) is 0 Å². The van der Waals surface area contributed by atoms with E-state index < -0.39 is 0 Å². The quantitative estimate of drug-likeness (QED) is 0.744. The van der Waals surface area contributed by atoms with Crippen molar-refractivity contribution >= 4 is 10.8 Å². The first-order valence-corrected chi connectivity index (χ1v) is 7.50. The SMILES string of the molecule is CCNC(CCCOCC)c1cccc2cnccc12. The maximum Gasteiger partial charge on any atom is 0.0466 e. The first kappa shape index (κ1) is 14.9. The summed E-state index contributed by atoms with van der Waals surface area (Å²) >= 11 is 0. The Morgan fingerprint density at radius 3 is 2.95 bits per heavy atom. The number of hydrogen-bond donors (Lipinski definition) is 1. The molecule has 0 saturated carbocycles. The van der Waals surface area contributed by atoms with Crippen LogP contribution in [0.2, 0.25) is 0 Å². The van der Waals surface area contributed by atoms with Gasteiger partial charge in [0.25, 0.3) is 0 Å². The molecule has 3 nitrogen and oxygen atoms in total. The molecule has 0 aliphatic carbocycles. The Morgan fingerprint density at radius 1 is 1.25 bits per heavy atom. The van der Waals surface area contributed by atoms with Crippen molar-refractivity contribution in [3.05, 3.63) is 42.2 Å². The zero-order chi connectivity index (χ0) is 14.2. The lowest BCUT2D eigenvalue weighted by Crippen LogP contribution is -2.21. The number of pyridine rings is 1. The molecule has 0 bridgehead atoms. The van der Waals surface area contributed by atoms with E-state index in [9.17, 15) is 0 Å². The second-order valence-electron chi connectivity index (χ2n) is 4.89. The second kappa shape index (κ2) is 7.98. The molecule has 0 radical (unpaired) electrons. The molecule has 108 valence electrons. The summed E-state index contributed by atoms with van der Waals surface area (Å²) in [4.78, 5) is 4.21. The van der Waals surface area contributed by atoms with Gasteiger partial charge in [-0.25, -0.2) is 0 Å². The molecule has 1 N–H and O–H groups in total. The molecular weight excluding hydrogens is 248 g/mol. The molecule has 2 rings (SSSR count). The Hall–Kier alpha value is -1.45. The van der Waals surface area contributed by atoms with Crippen LogP contribution in [0.4, 0.5) is 0 Å². The second-order valence-corrected chi connectivity index (χ2v) is 4.89. The van der Waals surface area contributed by atoms with Crippen molar-refractivity contribution in [3.8, 4) is 0 Å². The Kier molecular flexibility index (Phi) is 5.96. The summed E-state index contributed by atoms with van der Waals surface area (Å²) in [5, 5.41) is 6.09. The summed E-state index contributed by atoms with van der Waals surface area (Å²) < 4.78 is 5.45. The average molecular weight is 272 g/mol. The largest absolute Gasteiger partial charge is 0.382 e. The molecule has 0 amide bonds. The van der Waals surface area contributed by atoms with E-state index in [1.165, 1.54) is 16.3 Å². The number of hydrogen-bond acceptors (Lipinski definition) is 3. The Balaban J connectivity index is 2.18. The molecule has 0 aliphatic rings. The number of nitrogens with zero attached hydrogens (tertiary/aromatic N) is 1. The zero-order valence-electron chi connectivity index (χ0n) is 12.4. The summed E-state index contributed by atoms with van der Waals surface area (Å²) in [5.41, 5.74) is 1.36. The monoisotopic (exact) mass is 272 g/mol. The number of aromatic nitrogens is 1. The van der Waals surface area contributed by atoms with Crippen molar-refractivity contribution < 1.29 is 4.74 Å². The van der Waals surface area contributed by atoms with Gasteiger partial charge in [0.2, 0.25) is 0 Å². The highest BCUT2D eigenvalue weighted by molar-refractivity contribution is 5.85. The lowest BCUT2D eigenvalue weighted by molar-refractivity contribution is 0.141. The fourth-order valence-electron chi connectivity index (χ4n) is 2.60. The van der Waals surface area contributed by atoms with Crippen LogP contribution in [0.15, 0.2) is 36.7 Å². The summed E-state index contributed by atoms with van der Waals surface area (Å²) in [6, 6.07) is 8.95. The summed E-state index contributed by atoms with van der Waals surface area (Å²) in [7, 11) is 0. The van der Waals surface area contributed by atoms with Gasteiger partial charge in [0.1, 0.15) is 0 Å². The van der Waals surface area contributed by atoms with Crippen LogP contribution in [0, 0.1) is 0 Å². The minimum atomic E-state index is 0.381. The maximum atomic E-state index is 5.45.